The number of methoxy groups -OCH3 is 2. The van der Waals surface area contributed by atoms with E-state index in [0.717, 1.165) is 11.1 Å². The molecule has 7 nitrogen and oxygen atoms in total. The predicted octanol–water partition coefficient (Wildman–Crippen LogP) is 6.23. The summed E-state index contributed by atoms with van der Waals surface area (Å²) in [4.78, 5) is 17.5. The van der Waals surface area contributed by atoms with Gasteiger partial charge in [0.05, 0.1) is 31.4 Å². The SMILES string of the molecule is CCOc1cc(/C=C2\SC(=Nc3ccc(Cl)cc3)NC2=O)ccc1OCc1cc(OC)ccc1OC. The number of benzene rings is 3. The van der Waals surface area contributed by atoms with Crippen molar-refractivity contribution in [3.8, 4) is 23.0 Å². The van der Waals surface area contributed by atoms with E-state index in [1.54, 1.807) is 44.6 Å². The quantitative estimate of drug-likeness (QED) is 0.334. The Morgan fingerprint density at radius 1 is 0.944 bits per heavy atom. The van der Waals surface area contributed by atoms with Gasteiger partial charge in [-0.1, -0.05) is 17.7 Å². The van der Waals surface area contributed by atoms with Crippen LogP contribution in [0.5, 0.6) is 23.0 Å². The maximum atomic E-state index is 12.5. The first-order valence-electron chi connectivity index (χ1n) is 11.1. The summed E-state index contributed by atoms with van der Waals surface area (Å²) >= 11 is 7.20. The summed E-state index contributed by atoms with van der Waals surface area (Å²) < 4.78 is 22.6. The number of ether oxygens (including phenoxy) is 4. The number of rotatable bonds is 9. The van der Waals surface area contributed by atoms with E-state index in [0.29, 0.717) is 50.4 Å². The third-order valence-electron chi connectivity index (χ3n) is 5.14. The lowest BCUT2D eigenvalue weighted by Gasteiger charge is -2.15. The molecule has 4 rings (SSSR count). The standard InChI is InChI=1S/C27H25ClN2O5S/c1-4-34-24-13-17(5-11-23(24)35-16-18-15-21(32-2)10-12-22(18)33-3)14-25-26(31)30-27(36-25)29-20-8-6-19(28)7-9-20/h5-15H,4,16H2,1-3H3,(H,29,30,31)/b25-14-. The molecule has 0 spiro atoms. The van der Waals surface area contributed by atoms with Gasteiger partial charge in [0.15, 0.2) is 16.7 Å². The molecule has 0 aliphatic carbocycles. The summed E-state index contributed by atoms with van der Waals surface area (Å²) in [5, 5.41) is 3.92. The second-order valence-electron chi connectivity index (χ2n) is 7.56. The van der Waals surface area contributed by atoms with E-state index in [2.05, 4.69) is 10.3 Å². The van der Waals surface area contributed by atoms with Gasteiger partial charge in [-0.05, 0) is 84.9 Å². The largest absolute Gasteiger partial charge is 0.497 e. The van der Waals surface area contributed by atoms with Crippen molar-refractivity contribution in [2.45, 2.75) is 13.5 Å². The minimum absolute atomic E-state index is 0.212. The Balaban J connectivity index is 1.52. The van der Waals surface area contributed by atoms with Gasteiger partial charge in [-0.25, -0.2) is 4.99 Å². The lowest BCUT2D eigenvalue weighted by molar-refractivity contribution is -0.115. The third kappa shape index (κ3) is 6.33. The smallest absolute Gasteiger partial charge is 0.264 e. The van der Waals surface area contributed by atoms with Crippen LogP contribution in [0, 0.1) is 0 Å². The van der Waals surface area contributed by atoms with Gasteiger partial charge in [-0.15, -0.1) is 0 Å². The molecule has 1 amide bonds. The number of thioether (sulfide) groups is 1. The van der Waals surface area contributed by atoms with E-state index >= 15 is 0 Å². The highest BCUT2D eigenvalue weighted by Gasteiger charge is 2.24. The van der Waals surface area contributed by atoms with Gasteiger partial charge in [-0.2, -0.15) is 0 Å². The zero-order valence-electron chi connectivity index (χ0n) is 20.0. The minimum atomic E-state index is -0.212. The molecule has 1 heterocycles. The topological polar surface area (TPSA) is 78.4 Å². The Hall–Kier alpha value is -3.62. The van der Waals surface area contributed by atoms with Crippen molar-refractivity contribution in [2.75, 3.05) is 20.8 Å². The normalized spacial score (nSPS) is 15.2. The van der Waals surface area contributed by atoms with Gasteiger partial charge in [0.1, 0.15) is 18.1 Å². The molecule has 3 aromatic carbocycles. The molecular weight excluding hydrogens is 500 g/mol. The van der Waals surface area contributed by atoms with Gasteiger partial charge in [0, 0.05) is 10.6 Å². The van der Waals surface area contributed by atoms with E-state index in [-0.39, 0.29) is 12.5 Å². The van der Waals surface area contributed by atoms with E-state index < -0.39 is 0 Å². The van der Waals surface area contributed by atoms with Crippen LogP contribution in [0.2, 0.25) is 5.02 Å². The Morgan fingerprint density at radius 2 is 1.72 bits per heavy atom. The highest BCUT2D eigenvalue weighted by Crippen LogP contribution is 2.34. The monoisotopic (exact) mass is 524 g/mol. The highest BCUT2D eigenvalue weighted by atomic mass is 35.5. The molecule has 0 atom stereocenters. The summed E-state index contributed by atoms with van der Waals surface area (Å²) in [5.41, 5.74) is 2.35. The van der Waals surface area contributed by atoms with Crippen LogP contribution in [0.3, 0.4) is 0 Å². The van der Waals surface area contributed by atoms with Gasteiger partial charge < -0.3 is 24.3 Å². The van der Waals surface area contributed by atoms with Crippen molar-refractivity contribution in [3.63, 3.8) is 0 Å². The zero-order valence-corrected chi connectivity index (χ0v) is 21.6. The van der Waals surface area contributed by atoms with Gasteiger partial charge >= 0.3 is 0 Å². The Labute approximate surface area is 219 Å². The Morgan fingerprint density at radius 3 is 2.44 bits per heavy atom. The lowest BCUT2D eigenvalue weighted by Crippen LogP contribution is -2.19. The molecule has 0 aromatic heterocycles. The first kappa shape index (κ1) is 25.5. The van der Waals surface area contributed by atoms with Crippen molar-refractivity contribution in [3.05, 3.63) is 81.7 Å². The van der Waals surface area contributed by atoms with Crippen LogP contribution in [0.1, 0.15) is 18.1 Å². The molecule has 3 aromatic rings. The molecule has 0 unspecified atom stereocenters. The summed E-state index contributed by atoms with van der Waals surface area (Å²) in [7, 11) is 3.23. The number of halogens is 1. The molecule has 0 radical (unpaired) electrons. The Kier molecular flexibility index (Phi) is 8.40. The fourth-order valence-corrected chi connectivity index (χ4v) is 4.38. The number of nitrogens with one attached hydrogen (secondary N) is 1. The molecule has 0 bridgehead atoms. The maximum Gasteiger partial charge on any atom is 0.264 e. The molecule has 1 saturated heterocycles. The summed E-state index contributed by atoms with van der Waals surface area (Å²) in [6.07, 6.45) is 1.79. The number of nitrogens with zero attached hydrogens (tertiary/aromatic N) is 1. The molecule has 186 valence electrons. The molecule has 1 aliphatic heterocycles. The lowest BCUT2D eigenvalue weighted by atomic mass is 10.1. The summed E-state index contributed by atoms with van der Waals surface area (Å²) in [6.45, 7) is 2.63. The van der Waals surface area contributed by atoms with E-state index in [1.165, 1.54) is 11.8 Å². The number of carbonyl (C=O) groups excluding carboxylic acids is 1. The van der Waals surface area contributed by atoms with Crippen LogP contribution in [0.4, 0.5) is 5.69 Å². The van der Waals surface area contributed by atoms with Crippen LogP contribution in [-0.4, -0.2) is 31.9 Å². The average Bonchev–Trinajstić information content (AvgIpc) is 3.23. The van der Waals surface area contributed by atoms with Crippen LogP contribution in [-0.2, 0) is 11.4 Å². The number of hydrogen-bond acceptors (Lipinski definition) is 7. The second-order valence-corrected chi connectivity index (χ2v) is 9.03. The Bertz CT molecular complexity index is 1310. The molecule has 0 saturated carbocycles. The van der Waals surface area contributed by atoms with E-state index in [9.17, 15) is 4.79 Å². The maximum absolute atomic E-state index is 12.5. The van der Waals surface area contributed by atoms with Crippen LogP contribution in [0.15, 0.2) is 70.6 Å². The third-order valence-corrected chi connectivity index (χ3v) is 6.31. The number of aliphatic imine (C=N–C) groups is 1. The fraction of sp³-hybridized carbons (Fsp3) is 0.185. The summed E-state index contributed by atoms with van der Waals surface area (Å²) in [6, 6.07) is 18.2. The van der Waals surface area contributed by atoms with E-state index in [1.807, 2.05) is 43.3 Å². The molecule has 1 aliphatic rings. The van der Waals surface area contributed by atoms with Crippen molar-refractivity contribution < 1.29 is 23.7 Å². The van der Waals surface area contributed by atoms with E-state index in [4.69, 9.17) is 30.5 Å². The number of amidine groups is 1. The summed E-state index contributed by atoms with van der Waals surface area (Å²) in [5.74, 6) is 2.36. The van der Waals surface area contributed by atoms with Crippen LogP contribution >= 0.6 is 23.4 Å². The minimum Gasteiger partial charge on any atom is -0.497 e. The van der Waals surface area contributed by atoms with Crippen molar-refractivity contribution in [1.29, 1.82) is 0 Å². The fourth-order valence-electron chi connectivity index (χ4n) is 3.42. The molecule has 36 heavy (non-hydrogen) atoms. The van der Waals surface area contributed by atoms with Crippen molar-refractivity contribution in [2.24, 2.45) is 4.99 Å². The van der Waals surface area contributed by atoms with Crippen molar-refractivity contribution in [1.82, 2.24) is 5.32 Å². The number of carbonyl (C=O) groups is 1. The van der Waals surface area contributed by atoms with Crippen LogP contribution in [0.25, 0.3) is 6.08 Å². The van der Waals surface area contributed by atoms with Gasteiger partial charge in [-0.3, -0.25) is 4.79 Å². The number of hydrogen-bond donors (Lipinski definition) is 1. The van der Waals surface area contributed by atoms with Crippen molar-refractivity contribution >= 4 is 46.2 Å². The first-order valence-corrected chi connectivity index (χ1v) is 12.3. The highest BCUT2D eigenvalue weighted by molar-refractivity contribution is 8.18. The molecule has 1 fully saturated rings. The molecule has 9 heteroatoms. The number of amides is 1. The second kappa shape index (κ2) is 11.9. The average molecular weight is 525 g/mol. The first-order chi connectivity index (χ1) is 17.5. The molecular formula is C27H25ClN2O5S. The predicted molar refractivity (Wildman–Crippen MR) is 144 cm³/mol. The molecule has 1 N–H and O–H groups in total. The van der Waals surface area contributed by atoms with Crippen LogP contribution < -0.4 is 24.3 Å². The van der Waals surface area contributed by atoms with Gasteiger partial charge in [0.2, 0.25) is 0 Å². The zero-order chi connectivity index (χ0) is 25.5. The van der Waals surface area contributed by atoms with Gasteiger partial charge in [0.25, 0.3) is 5.91 Å².